The Morgan fingerprint density at radius 2 is 2.07 bits per heavy atom. The number of hydrogen-bond acceptors (Lipinski definition) is 8. The third-order valence-electron chi connectivity index (χ3n) is 4.73. The maximum atomic E-state index is 12.6. The molecule has 3 aromatic rings. The summed E-state index contributed by atoms with van der Waals surface area (Å²) in [6.45, 7) is 0.933. The van der Waals surface area contributed by atoms with Crippen LogP contribution in [0.5, 0.6) is 0 Å². The zero-order valence-corrected chi connectivity index (χ0v) is 16.0. The van der Waals surface area contributed by atoms with Gasteiger partial charge in [-0.25, -0.2) is 9.48 Å². The fraction of sp³-hybridized carbons (Fsp3) is 0.316. The molecule has 30 heavy (non-hydrogen) atoms. The number of nitrogens with one attached hydrogen (secondary N) is 1. The van der Waals surface area contributed by atoms with Gasteiger partial charge < -0.3 is 20.3 Å². The van der Waals surface area contributed by atoms with Crippen LogP contribution < -0.4 is 11.0 Å². The molecule has 156 valence electrons. The summed E-state index contributed by atoms with van der Waals surface area (Å²) in [7, 11) is 0. The molecule has 11 heteroatoms. The van der Waals surface area contributed by atoms with Gasteiger partial charge in [0.2, 0.25) is 5.91 Å². The van der Waals surface area contributed by atoms with Gasteiger partial charge >= 0.3 is 5.69 Å². The monoisotopic (exact) mass is 412 g/mol. The molecule has 4 rings (SSSR count). The normalized spacial score (nSPS) is 21.0. The number of carbonyl (C=O) groups excluding carboxylic acids is 1. The molecule has 0 unspecified atom stereocenters. The van der Waals surface area contributed by atoms with Crippen LogP contribution in [0, 0.1) is 0 Å². The average Bonchev–Trinajstić information content (AvgIpc) is 3.35. The van der Waals surface area contributed by atoms with E-state index in [-0.39, 0.29) is 18.8 Å². The smallest absolute Gasteiger partial charge is 0.351 e. The molecule has 2 aromatic heterocycles. The Bertz CT molecular complexity index is 1110. The van der Waals surface area contributed by atoms with E-state index >= 15 is 0 Å². The first-order valence-corrected chi connectivity index (χ1v) is 9.29. The number of aromatic nitrogens is 5. The molecule has 1 aliphatic heterocycles. The molecule has 1 aliphatic rings. The molecule has 3 N–H and O–H groups in total. The highest BCUT2D eigenvalue weighted by Gasteiger charge is 2.35. The van der Waals surface area contributed by atoms with Crippen LogP contribution in [0.2, 0.25) is 0 Å². The van der Waals surface area contributed by atoms with Crippen LogP contribution in [-0.4, -0.2) is 59.5 Å². The van der Waals surface area contributed by atoms with Crippen LogP contribution in [0.25, 0.3) is 16.9 Å². The van der Waals surface area contributed by atoms with Crippen molar-refractivity contribution in [3.8, 4) is 16.9 Å². The van der Waals surface area contributed by atoms with Crippen molar-refractivity contribution in [2.75, 3.05) is 11.9 Å². The van der Waals surface area contributed by atoms with Crippen LogP contribution in [0.1, 0.15) is 19.6 Å². The molecule has 1 saturated heterocycles. The topological polar surface area (TPSA) is 144 Å². The van der Waals surface area contributed by atoms with Crippen molar-refractivity contribution in [2.24, 2.45) is 0 Å². The van der Waals surface area contributed by atoms with E-state index in [9.17, 15) is 19.8 Å². The third kappa shape index (κ3) is 3.85. The van der Waals surface area contributed by atoms with Gasteiger partial charge in [-0.3, -0.25) is 9.36 Å². The van der Waals surface area contributed by atoms with Gasteiger partial charge in [-0.15, -0.1) is 5.10 Å². The average molecular weight is 412 g/mol. The zero-order chi connectivity index (χ0) is 21.3. The second kappa shape index (κ2) is 8.14. The summed E-state index contributed by atoms with van der Waals surface area (Å²) in [4.78, 5) is 28.1. The molecule has 0 saturated carbocycles. The maximum absolute atomic E-state index is 12.6. The summed E-state index contributed by atoms with van der Waals surface area (Å²) in [6.07, 6.45) is 0.697. The lowest BCUT2D eigenvalue weighted by atomic mass is 10.2. The van der Waals surface area contributed by atoms with Crippen LogP contribution in [-0.2, 0) is 9.53 Å². The quantitative estimate of drug-likeness (QED) is 0.535. The molecule has 11 nitrogen and oxygen atoms in total. The minimum Gasteiger partial charge on any atom is -0.394 e. The van der Waals surface area contributed by atoms with Crippen molar-refractivity contribution in [2.45, 2.75) is 31.8 Å². The SMILES string of the molecule is CC(=O)Nc1nc(=O)n([C@H]2C[C@H](O)[C@@H](CO)O2)cc1-c1cn(-c2ccccc2)nn1. The number of aliphatic hydroxyl groups is 2. The number of amides is 1. The van der Waals surface area contributed by atoms with Gasteiger partial charge in [0, 0.05) is 19.5 Å². The summed E-state index contributed by atoms with van der Waals surface area (Å²) in [5, 5.41) is 30.1. The maximum Gasteiger partial charge on any atom is 0.351 e. The number of benzene rings is 1. The van der Waals surface area contributed by atoms with Gasteiger partial charge in [0.05, 0.1) is 30.2 Å². The minimum atomic E-state index is -0.913. The van der Waals surface area contributed by atoms with Crippen molar-refractivity contribution in [3.63, 3.8) is 0 Å². The van der Waals surface area contributed by atoms with Gasteiger partial charge in [0.1, 0.15) is 23.8 Å². The number of anilines is 1. The van der Waals surface area contributed by atoms with Crippen LogP contribution in [0.15, 0.2) is 47.5 Å². The summed E-state index contributed by atoms with van der Waals surface area (Å²) < 4.78 is 8.34. The van der Waals surface area contributed by atoms with Gasteiger partial charge in [0.15, 0.2) is 0 Å². The molecule has 3 atom stereocenters. The Hall–Kier alpha value is -3.41. The predicted octanol–water partition coefficient (Wildman–Crippen LogP) is 0.0901. The molecule has 0 bridgehead atoms. The van der Waals surface area contributed by atoms with E-state index in [1.165, 1.54) is 17.7 Å². The van der Waals surface area contributed by atoms with Crippen molar-refractivity contribution < 1.29 is 19.7 Å². The van der Waals surface area contributed by atoms with E-state index in [1.807, 2.05) is 30.3 Å². The first-order valence-electron chi connectivity index (χ1n) is 9.29. The van der Waals surface area contributed by atoms with Crippen LogP contribution >= 0.6 is 0 Å². The molecule has 1 aromatic carbocycles. The molecular weight excluding hydrogens is 392 g/mol. The number of aliphatic hydroxyl groups excluding tert-OH is 2. The fourth-order valence-corrected chi connectivity index (χ4v) is 3.27. The molecule has 3 heterocycles. The van der Waals surface area contributed by atoms with Crippen molar-refractivity contribution in [3.05, 3.63) is 53.2 Å². The van der Waals surface area contributed by atoms with Crippen LogP contribution in [0.3, 0.4) is 0 Å². The van der Waals surface area contributed by atoms with E-state index in [0.717, 1.165) is 5.69 Å². The predicted molar refractivity (Wildman–Crippen MR) is 105 cm³/mol. The van der Waals surface area contributed by atoms with Gasteiger partial charge in [-0.1, -0.05) is 23.4 Å². The largest absolute Gasteiger partial charge is 0.394 e. The van der Waals surface area contributed by atoms with E-state index in [1.54, 1.807) is 10.9 Å². The molecule has 1 amide bonds. The van der Waals surface area contributed by atoms with Crippen molar-refractivity contribution >= 4 is 11.7 Å². The highest BCUT2D eigenvalue weighted by molar-refractivity contribution is 5.91. The van der Waals surface area contributed by atoms with E-state index in [0.29, 0.717) is 11.3 Å². The highest BCUT2D eigenvalue weighted by Crippen LogP contribution is 2.30. The van der Waals surface area contributed by atoms with Gasteiger partial charge in [0.25, 0.3) is 0 Å². The fourth-order valence-electron chi connectivity index (χ4n) is 3.27. The lowest BCUT2D eigenvalue weighted by Gasteiger charge is -2.16. The van der Waals surface area contributed by atoms with Crippen molar-refractivity contribution in [1.82, 2.24) is 24.5 Å². The van der Waals surface area contributed by atoms with Crippen molar-refractivity contribution in [1.29, 1.82) is 0 Å². The van der Waals surface area contributed by atoms with Crippen LogP contribution in [0.4, 0.5) is 5.82 Å². The lowest BCUT2D eigenvalue weighted by Crippen LogP contribution is -2.29. The minimum absolute atomic E-state index is 0.0427. The first-order chi connectivity index (χ1) is 14.5. The molecule has 1 fully saturated rings. The number of nitrogens with zero attached hydrogens (tertiary/aromatic N) is 5. The molecule has 0 aliphatic carbocycles. The molecule has 0 radical (unpaired) electrons. The number of hydrogen-bond donors (Lipinski definition) is 3. The summed E-state index contributed by atoms with van der Waals surface area (Å²) in [5.41, 5.74) is 0.846. The molecule has 0 spiro atoms. The second-order valence-electron chi connectivity index (χ2n) is 6.87. The number of carbonyl (C=O) groups is 1. The lowest BCUT2D eigenvalue weighted by molar-refractivity contribution is -0.114. The number of rotatable bonds is 5. The first kappa shape index (κ1) is 19.9. The summed E-state index contributed by atoms with van der Waals surface area (Å²) in [6, 6.07) is 9.32. The number of para-hydroxylation sites is 1. The Morgan fingerprint density at radius 3 is 2.73 bits per heavy atom. The van der Waals surface area contributed by atoms with E-state index in [2.05, 4.69) is 20.6 Å². The standard InChI is InChI=1S/C19H20N6O5/c1-11(27)20-18-13(14-9-25(23-22-14)12-5-3-2-4-6-12)8-24(19(29)21-18)17-7-15(28)16(10-26)30-17/h2-6,8-9,15-17,26,28H,7,10H2,1H3,(H,20,21,27,29)/t15-,16+,17+/m0/s1. The Kier molecular flexibility index (Phi) is 5.40. The van der Waals surface area contributed by atoms with Gasteiger partial charge in [-0.2, -0.15) is 4.98 Å². The highest BCUT2D eigenvalue weighted by atomic mass is 16.5. The molecular formula is C19H20N6O5. The Labute approximate surface area is 170 Å². The Morgan fingerprint density at radius 1 is 1.30 bits per heavy atom. The number of ether oxygens (including phenoxy) is 1. The third-order valence-corrected chi connectivity index (χ3v) is 4.73. The summed E-state index contributed by atoms with van der Waals surface area (Å²) >= 11 is 0. The van der Waals surface area contributed by atoms with Gasteiger partial charge in [-0.05, 0) is 12.1 Å². The Balaban J connectivity index is 1.77. The summed E-state index contributed by atoms with van der Waals surface area (Å²) in [5.74, 6) is -0.356. The second-order valence-corrected chi connectivity index (χ2v) is 6.87. The van der Waals surface area contributed by atoms with E-state index < -0.39 is 30.0 Å². The van der Waals surface area contributed by atoms with E-state index in [4.69, 9.17) is 4.74 Å². The zero-order valence-electron chi connectivity index (χ0n) is 16.0.